The summed E-state index contributed by atoms with van der Waals surface area (Å²) in [5, 5.41) is 7.66. The van der Waals surface area contributed by atoms with Crippen LogP contribution in [0.15, 0.2) is 71.3 Å². The highest BCUT2D eigenvalue weighted by Gasteiger charge is 2.28. The smallest absolute Gasteiger partial charge is 0.241 e. The number of carbonyl (C=O) groups excluding carboxylic acids is 1. The third-order valence-electron chi connectivity index (χ3n) is 6.48. The lowest BCUT2D eigenvalue weighted by Crippen LogP contribution is -2.40. The number of hydrogen-bond donors (Lipinski definition) is 1. The average Bonchev–Trinajstić information content (AvgIpc) is 3.39. The van der Waals surface area contributed by atoms with E-state index in [1.165, 1.54) is 5.56 Å². The number of piperidine rings is 1. The molecular weight excluding hydrogens is 504 g/mol. The van der Waals surface area contributed by atoms with Gasteiger partial charge >= 0.3 is 0 Å². The Morgan fingerprint density at radius 1 is 1.13 bits per heavy atom. The molecule has 196 valence electrons. The SMILES string of the molecule is COc1cccc(Oc2ccc(Cl)cc2NC(=O)C2CCCN(Cc3nc(-c4ccc(C)cc4)no3)C2)c1. The van der Waals surface area contributed by atoms with Gasteiger partial charge in [0.15, 0.2) is 5.75 Å². The quantitative estimate of drug-likeness (QED) is 0.283. The third-order valence-corrected chi connectivity index (χ3v) is 6.72. The fraction of sp³-hybridized carbons (Fsp3) is 0.276. The van der Waals surface area contributed by atoms with Gasteiger partial charge in [0.05, 0.1) is 25.3 Å². The molecule has 0 spiro atoms. The van der Waals surface area contributed by atoms with Gasteiger partial charge in [-0.15, -0.1) is 0 Å². The molecule has 1 aromatic heterocycles. The number of nitrogens with zero attached hydrogens (tertiary/aromatic N) is 3. The van der Waals surface area contributed by atoms with Crippen LogP contribution in [-0.2, 0) is 11.3 Å². The second-order valence-electron chi connectivity index (χ2n) is 9.36. The lowest BCUT2D eigenvalue weighted by atomic mass is 9.97. The lowest BCUT2D eigenvalue weighted by Gasteiger charge is -2.31. The predicted molar refractivity (Wildman–Crippen MR) is 146 cm³/mol. The van der Waals surface area contributed by atoms with Crippen LogP contribution in [0.5, 0.6) is 17.2 Å². The summed E-state index contributed by atoms with van der Waals surface area (Å²) in [6.07, 6.45) is 1.67. The van der Waals surface area contributed by atoms with Crippen LogP contribution in [0.2, 0.25) is 5.02 Å². The first-order chi connectivity index (χ1) is 18.5. The Labute approximate surface area is 226 Å². The summed E-state index contributed by atoms with van der Waals surface area (Å²) >= 11 is 6.25. The number of hydrogen-bond acceptors (Lipinski definition) is 7. The molecule has 1 aliphatic rings. The van der Waals surface area contributed by atoms with E-state index in [-0.39, 0.29) is 11.8 Å². The number of benzene rings is 3. The Morgan fingerprint density at radius 3 is 2.76 bits per heavy atom. The van der Waals surface area contributed by atoms with E-state index >= 15 is 0 Å². The molecule has 8 nitrogen and oxygen atoms in total. The van der Waals surface area contributed by atoms with Crippen LogP contribution < -0.4 is 14.8 Å². The zero-order valence-corrected chi connectivity index (χ0v) is 22.1. The summed E-state index contributed by atoms with van der Waals surface area (Å²) in [6.45, 7) is 3.97. The molecular formula is C29H29ClN4O4. The summed E-state index contributed by atoms with van der Waals surface area (Å²) in [5.74, 6) is 2.58. The molecule has 1 amide bonds. The van der Waals surface area contributed by atoms with Crippen LogP contribution in [0.3, 0.4) is 0 Å². The van der Waals surface area contributed by atoms with E-state index in [2.05, 4.69) is 20.4 Å². The summed E-state index contributed by atoms with van der Waals surface area (Å²) in [6, 6.07) is 20.4. The zero-order chi connectivity index (χ0) is 26.5. The molecule has 1 aliphatic heterocycles. The minimum absolute atomic E-state index is 0.0849. The van der Waals surface area contributed by atoms with Crippen molar-refractivity contribution < 1.29 is 18.8 Å². The number of rotatable bonds is 8. The number of nitrogens with one attached hydrogen (secondary N) is 1. The van der Waals surface area contributed by atoms with Crippen molar-refractivity contribution >= 4 is 23.2 Å². The molecule has 2 heterocycles. The molecule has 0 aliphatic carbocycles. The van der Waals surface area contributed by atoms with Gasteiger partial charge < -0.3 is 19.3 Å². The maximum Gasteiger partial charge on any atom is 0.241 e. The van der Waals surface area contributed by atoms with Crippen molar-refractivity contribution in [3.05, 3.63) is 83.2 Å². The Kier molecular flexibility index (Phi) is 7.91. The van der Waals surface area contributed by atoms with Crippen molar-refractivity contribution in [2.75, 3.05) is 25.5 Å². The molecule has 5 rings (SSSR count). The Hall–Kier alpha value is -3.88. The fourth-order valence-corrected chi connectivity index (χ4v) is 4.63. The second kappa shape index (κ2) is 11.7. The predicted octanol–water partition coefficient (Wildman–Crippen LogP) is 6.35. The molecule has 0 saturated carbocycles. The number of methoxy groups -OCH3 is 1. The van der Waals surface area contributed by atoms with E-state index in [0.29, 0.717) is 52.8 Å². The minimum Gasteiger partial charge on any atom is -0.497 e. The van der Waals surface area contributed by atoms with Crippen LogP contribution in [0.4, 0.5) is 5.69 Å². The van der Waals surface area contributed by atoms with Gasteiger partial charge in [-0.05, 0) is 56.6 Å². The van der Waals surface area contributed by atoms with Crippen LogP contribution in [0.1, 0.15) is 24.3 Å². The molecule has 9 heteroatoms. The maximum atomic E-state index is 13.3. The second-order valence-corrected chi connectivity index (χ2v) is 9.80. The van der Waals surface area contributed by atoms with Gasteiger partial charge in [-0.1, -0.05) is 52.7 Å². The van der Waals surface area contributed by atoms with E-state index in [4.69, 9.17) is 25.6 Å². The molecule has 1 atom stereocenters. The van der Waals surface area contributed by atoms with Crippen molar-refractivity contribution in [3.8, 4) is 28.6 Å². The first-order valence-electron chi connectivity index (χ1n) is 12.5. The number of ether oxygens (including phenoxy) is 2. The molecule has 0 bridgehead atoms. The molecule has 1 saturated heterocycles. The molecule has 38 heavy (non-hydrogen) atoms. The fourth-order valence-electron chi connectivity index (χ4n) is 4.46. The lowest BCUT2D eigenvalue weighted by molar-refractivity contribution is -0.121. The molecule has 1 N–H and O–H groups in total. The summed E-state index contributed by atoms with van der Waals surface area (Å²) in [7, 11) is 1.60. The number of anilines is 1. The standard InChI is InChI=1S/C29H29ClN4O4/c1-19-8-10-20(11-9-19)28-32-27(38-33-28)18-34-14-4-5-21(17-34)29(35)31-25-15-22(30)12-13-26(25)37-24-7-3-6-23(16-24)36-2/h3,6-13,15-16,21H,4-5,14,17-18H2,1-2H3,(H,31,35). The van der Waals surface area contributed by atoms with Crippen molar-refractivity contribution in [1.82, 2.24) is 15.0 Å². The van der Waals surface area contributed by atoms with Gasteiger partial charge in [-0.25, -0.2) is 0 Å². The number of carbonyl (C=O) groups is 1. The Balaban J connectivity index is 1.23. The average molecular weight is 533 g/mol. The summed E-state index contributed by atoms with van der Waals surface area (Å²) in [4.78, 5) is 20.0. The molecule has 1 fully saturated rings. The van der Waals surface area contributed by atoms with Crippen molar-refractivity contribution in [2.45, 2.75) is 26.3 Å². The Morgan fingerprint density at radius 2 is 1.95 bits per heavy atom. The van der Waals surface area contributed by atoms with Crippen LogP contribution >= 0.6 is 11.6 Å². The minimum atomic E-state index is -0.202. The highest BCUT2D eigenvalue weighted by Crippen LogP contribution is 2.34. The maximum absolute atomic E-state index is 13.3. The number of aromatic nitrogens is 2. The molecule has 3 aromatic carbocycles. The van der Waals surface area contributed by atoms with Gasteiger partial charge in [0, 0.05) is 23.2 Å². The van der Waals surface area contributed by atoms with Crippen LogP contribution in [0, 0.1) is 12.8 Å². The molecule has 1 unspecified atom stereocenters. The van der Waals surface area contributed by atoms with Crippen molar-refractivity contribution in [2.24, 2.45) is 5.92 Å². The van der Waals surface area contributed by atoms with E-state index in [0.717, 1.165) is 24.9 Å². The van der Waals surface area contributed by atoms with E-state index in [1.54, 1.807) is 31.4 Å². The van der Waals surface area contributed by atoms with Crippen molar-refractivity contribution in [3.63, 3.8) is 0 Å². The van der Waals surface area contributed by atoms with Gasteiger partial charge in [0.1, 0.15) is 11.5 Å². The number of halogens is 1. The molecule has 0 radical (unpaired) electrons. The topological polar surface area (TPSA) is 89.7 Å². The first-order valence-corrected chi connectivity index (χ1v) is 12.9. The van der Waals surface area contributed by atoms with Gasteiger partial charge in [0.2, 0.25) is 17.6 Å². The van der Waals surface area contributed by atoms with Gasteiger partial charge in [0.25, 0.3) is 0 Å². The monoisotopic (exact) mass is 532 g/mol. The van der Waals surface area contributed by atoms with E-state index in [9.17, 15) is 4.79 Å². The summed E-state index contributed by atoms with van der Waals surface area (Å²) < 4.78 is 16.8. The number of amides is 1. The third kappa shape index (κ3) is 6.33. The first kappa shape index (κ1) is 25.8. The van der Waals surface area contributed by atoms with E-state index in [1.807, 2.05) is 49.4 Å². The largest absolute Gasteiger partial charge is 0.497 e. The van der Waals surface area contributed by atoms with Crippen molar-refractivity contribution in [1.29, 1.82) is 0 Å². The molecule has 4 aromatic rings. The highest BCUT2D eigenvalue weighted by atomic mass is 35.5. The number of aryl methyl sites for hydroxylation is 1. The van der Waals surface area contributed by atoms with Gasteiger partial charge in [-0.3, -0.25) is 9.69 Å². The Bertz CT molecular complexity index is 1410. The normalized spacial score (nSPS) is 15.7. The number of likely N-dealkylation sites (tertiary alicyclic amines) is 1. The van der Waals surface area contributed by atoms with E-state index < -0.39 is 0 Å². The van der Waals surface area contributed by atoms with Gasteiger partial charge in [-0.2, -0.15) is 4.98 Å². The summed E-state index contributed by atoms with van der Waals surface area (Å²) in [5.41, 5.74) is 2.60. The highest BCUT2D eigenvalue weighted by molar-refractivity contribution is 6.31. The van der Waals surface area contributed by atoms with Crippen LogP contribution in [0.25, 0.3) is 11.4 Å². The van der Waals surface area contributed by atoms with Crippen LogP contribution in [-0.4, -0.2) is 41.1 Å². The zero-order valence-electron chi connectivity index (χ0n) is 21.3.